The second kappa shape index (κ2) is 7.95. The zero-order valence-corrected chi connectivity index (χ0v) is 17.8. The smallest absolute Gasteiger partial charge is 0.135 e. The van der Waals surface area contributed by atoms with Crippen molar-refractivity contribution < 1.29 is 0 Å². The Bertz CT molecular complexity index is 982. The highest BCUT2D eigenvalue weighted by Gasteiger charge is 2.28. The molecule has 1 aliphatic heterocycles. The van der Waals surface area contributed by atoms with Gasteiger partial charge >= 0.3 is 0 Å². The van der Waals surface area contributed by atoms with Crippen LogP contribution in [0.4, 0.5) is 17.3 Å². The molecule has 5 nitrogen and oxygen atoms in total. The molecular weight excluding hydrogens is 366 g/mol. The number of hydrogen-bond acceptors (Lipinski definition) is 6. The molecular formula is C22H27N5S. The number of rotatable bonds is 6. The van der Waals surface area contributed by atoms with Gasteiger partial charge in [0.05, 0.1) is 0 Å². The molecule has 1 fully saturated rings. The highest BCUT2D eigenvalue weighted by atomic mass is 32.2. The molecule has 3 aromatic rings. The second-order valence-corrected chi connectivity index (χ2v) is 8.69. The Morgan fingerprint density at radius 3 is 2.68 bits per heavy atom. The van der Waals surface area contributed by atoms with Crippen molar-refractivity contribution in [2.75, 3.05) is 35.3 Å². The van der Waals surface area contributed by atoms with Crippen molar-refractivity contribution in [1.82, 2.24) is 15.0 Å². The minimum atomic E-state index is 0.453. The summed E-state index contributed by atoms with van der Waals surface area (Å²) in [6, 6.07) is 8.58. The molecule has 0 bridgehead atoms. The maximum atomic E-state index is 4.69. The van der Waals surface area contributed by atoms with Crippen molar-refractivity contribution in [2.24, 2.45) is 5.92 Å². The maximum absolute atomic E-state index is 4.69. The summed E-state index contributed by atoms with van der Waals surface area (Å²) in [5.41, 5.74) is 2.65. The number of benzene rings is 1. The summed E-state index contributed by atoms with van der Waals surface area (Å²) in [6.07, 6.45) is 5.96. The summed E-state index contributed by atoms with van der Waals surface area (Å²) in [7, 11) is 0. The molecule has 0 atom stereocenters. The number of aryl methyl sites for hydroxylation is 1. The number of pyridine rings is 1. The minimum Gasteiger partial charge on any atom is -0.370 e. The molecule has 0 saturated carbocycles. The van der Waals surface area contributed by atoms with E-state index in [9.17, 15) is 0 Å². The Balaban J connectivity index is 1.69. The zero-order valence-electron chi connectivity index (χ0n) is 16.9. The normalized spacial score (nSPS) is 14.5. The molecule has 0 amide bonds. The highest BCUT2D eigenvalue weighted by molar-refractivity contribution is 7.98. The van der Waals surface area contributed by atoms with E-state index >= 15 is 0 Å². The molecule has 146 valence electrons. The van der Waals surface area contributed by atoms with Crippen LogP contribution in [-0.4, -0.2) is 40.1 Å². The van der Waals surface area contributed by atoms with Gasteiger partial charge in [-0.1, -0.05) is 19.9 Å². The van der Waals surface area contributed by atoms with E-state index in [1.807, 2.05) is 30.9 Å². The molecule has 28 heavy (non-hydrogen) atoms. The average Bonchev–Trinajstić information content (AvgIpc) is 2.63. The summed E-state index contributed by atoms with van der Waals surface area (Å²) >= 11 is 1.94. The van der Waals surface area contributed by atoms with Crippen LogP contribution in [0.25, 0.3) is 10.8 Å². The van der Waals surface area contributed by atoms with Crippen LogP contribution in [0, 0.1) is 12.8 Å². The van der Waals surface area contributed by atoms with Gasteiger partial charge in [0.25, 0.3) is 0 Å². The number of aromatic nitrogens is 3. The van der Waals surface area contributed by atoms with Crippen LogP contribution in [-0.2, 0) is 0 Å². The Kier molecular flexibility index (Phi) is 5.40. The summed E-state index contributed by atoms with van der Waals surface area (Å²) in [5, 5.41) is 5.83. The number of thioether (sulfide) groups is 1. The molecule has 0 unspecified atom stereocenters. The summed E-state index contributed by atoms with van der Waals surface area (Å²) in [6.45, 7) is 8.65. The Morgan fingerprint density at radius 2 is 1.96 bits per heavy atom. The lowest BCUT2D eigenvalue weighted by molar-refractivity contribution is 0.456. The third kappa shape index (κ3) is 3.78. The Hall–Kier alpha value is -2.34. The van der Waals surface area contributed by atoms with Crippen LogP contribution < -0.4 is 10.2 Å². The fourth-order valence-electron chi connectivity index (χ4n) is 3.86. The molecule has 3 heterocycles. The van der Waals surface area contributed by atoms with Gasteiger partial charge in [-0.25, -0.2) is 15.0 Å². The van der Waals surface area contributed by atoms with E-state index in [1.54, 1.807) is 6.20 Å². The van der Waals surface area contributed by atoms with E-state index < -0.39 is 0 Å². The topological polar surface area (TPSA) is 53.9 Å². The fourth-order valence-corrected chi connectivity index (χ4v) is 4.54. The quantitative estimate of drug-likeness (QED) is 0.636. The molecule has 0 spiro atoms. The minimum absolute atomic E-state index is 0.453. The van der Waals surface area contributed by atoms with Crippen LogP contribution in [0.3, 0.4) is 0 Å². The van der Waals surface area contributed by atoms with Gasteiger partial charge in [0.1, 0.15) is 17.5 Å². The molecule has 1 N–H and O–H groups in total. The first-order valence-electron chi connectivity index (χ1n) is 9.78. The van der Waals surface area contributed by atoms with Crippen LogP contribution in [0.5, 0.6) is 0 Å². The van der Waals surface area contributed by atoms with Gasteiger partial charge in [-0.15, -0.1) is 0 Å². The number of nitrogens with zero attached hydrogens (tertiary/aromatic N) is 4. The lowest BCUT2D eigenvalue weighted by Gasteiger charge is -2.41. The first-order valence-corrected chi connectivity index (χ1v) is 11.2. The predicted molar refractivity (Wildman–Crippen MR) is 120 cm³/mol. The van der Waals surface area contributed by atoms with Crippen LogP contribution in [0.15, 0.2) is 36.7 Å². The third-order valence-corrected chi connectivity index (χ3v) is 6.07. The van der Waals surface area contributed by atoms with Crippen molar-refractivity contribution in [3.8, 4) is 0 Å². The fraction of sp³-hybridized carbons (Fsp3) is 0.409. The van der Waals surface area contributed by atoms with Gasteiger partial charge < -0.3 is 10.2 Å². The van der Waals surface area contributed by atoms with Gasteiger partial charge in [-0.2, -0.15) is 11.8 Å². The average molecular weight is 394 g/mol. The number of anilines is 3. The standard InChI is InChI=1S/C22H27N5S/c1-14(2)17-5-6-20(27-11-16(12-27)13-28-4)19-10-24-22(9-18(17)19)26-21-7-8-23-15(3)25-21/h5-10,14,16H,11-13H2,1-4H3,(H,23,24,25,26). The predicted octanol–water partition coefficient (Wildman–Crippen LogP) is 5.00. The molecule has 4 rings (SSSR count). The number of nitrogens with one attached hydrogen (secondary N) is 1. The summed E-state index contributed by atoms with van der Waals surface area (Å²) in [5.74, 6) is 4.81. The van der Waals surface area contributed by atoms with E-state index in [1.165, 1.54) is 27.8 Å². The maximum Gasteiger partial charge on any atom is 0.135 e. The molecule has 0 radical (unpaired) electrons. The van der Waals surface area contributed by atoms with E-state index in [4.69, 9.17) is 0 Å². The molecule has 1 aromatic carbocycles. The van der Waals surface area contributed by atoms with Gasteiger partial charge in [0, 0.05) is 42.5 Å². The van der Waals surface area contributed by atoms with Crippen molar-refractivity contribution in [2.45, 2.75) is 26.7 Å². The number of hydrogen-bond donors (Lipinski definition) is 1. The van der Waals surface area contributed by atoms with Gasteiger partial charge in [0.15, 0.2) is 0 Å². The molecule has 0 aliphatic carbocycles. The van der Waals surface area contributed by atoms with Crippen LogP contribution in [0.2, 0.25) is 0 Å². The second-order valence-electron chi connectivity index (χ2n) is 7.78. The molecule has 6 heteroatoms. The van der Waals surface area contributed by atoms with E-state index in [2.05, 4.69) is 63.5 Å². The van der Waals surface area contributed by atoms with Crippen LogP contribution >= 0.6 is 11.8 Å². The Labute approximate surface area is 171 Å². The van der Waals surface area contributed by atoms with Crippen molar-refractivity contribution in [1.29, 1.82) is 0 Å². The molecule has 1 saturated heterocycles. The molecule has 2 aromatic heterocycles. The van der Waals surface area contributed by atoms with E-state index in [-0.39, 0.29) is 0 Å². The number of fused-ring (bicyclic) bond motifs is 1. The Morgan fingerprint density at radius 1 is 1.14 bits per heavy atom. The largest absolute Gasteiger partial charge is 0.370 e. The summed E-state index contributed by atoms with van der Waals surface area (Å²) in [4.78, 5) is 15.8. The van der Waals surface area contributed by atoms with Gasteiger partial charge in [-0.3, -0.25) is 0 Å². The third-order valence-electron chi connectivity index (χ3n) is 5.27. The van der Waals surface area contributed by atoms with Gasteiger partial charge in [0.2, 0.25) is 0 Å². The van der Waals surface area contributed by atoms with Crippen molar-refractivity contribution in [3.05, 3.63) is 48.0 Å². The lowest BCUT2D eigenvalue weighted by atomic mass is 9.93. The van der Waals surface area contributed by atoms with Crippen LogP contribution in [0.1, 0.15) is 31.2 Å². The van der Waals surface area contributed by atoms with E-state index in [0.717, 1.165) is 36.5 Å². The zero-order chi connectivity index (χ0) is 19.7. The van der Waals surface area contributed by atoms with Crippen molar-refractivity contribution in [3.63, 3.8) is 0 Å². The first-order chi connectivity index (χ1) is 13.5. The van der Waals surface area contributed by atoms with Crippen molar-refractivity contribution >= 4 is 39.9 Å². The van der Waals surface area contributed by atoms with Gasteiger partial charge in [-0.05, 0) is 54.0 Å². The summed E-state index contributed by atoms with van der Waals surface area (Å²) < 4.78 is 0. The SMILES string of the molecule is CSCC1CN(c2ccc(C(C)C)c3cc(Nc4ccnc(C)n4)ncc23)C1. The monoisotopic (exact) mass is 393 g/mol. The first kappa shape index (κ1) is 19.0. The molecule has 1 aliphatic rings. The van der Waals surface area contributed by atoms with E-state index in [0.29, 0.717) is 5.92 Å². The highest BCUT2D eigenvalue weighted by Crippen LogP contribution is 2.37. The lowest BCUT2D eigenvalue weighted by Crippen LogP contribution is -2.48.